The molecule has 0 aliphatic heterocycles. The van der Waals surface area contributed by atoms with E-state index in [1.165, 1.54) is 6.20 Å². The van der Waals surface area contributed by atoms with E-state index in [-0.39, 0.29) is 5.56 Å². The number of halogens is 2. The minimum atomic E-state index is -0.769. The Balaban J connectivity index is 1.25. The summed E-state index contributed by atoms with van der Waals surface area (Å²) in [6, 6.07) is 20.4. The number of carbonyl (C=O) groups is 1. The summed E-state index contributed by atoms with van der Waals surface area (Å²) in [5.41, 5.74) is 5.23. The number of pyridine rings is 1. The maximum Gasteiger partial charge on any atom is 0.314 e. The third-order valence-corrected chi connectivity index (χ3v) is 7.19. The van der Waals surface area contributed by atoms with Crippen molar-refractivity contribution in [2.45, 2.75) is 25.2 Å². The third kappa shape index (κ3) is 4.54. The predicted molar refractivity (Wildman–Crippen MR) is 144 cm³/mol. The number of aromatic nitrogens is 2. The fourth-order valence-electron chi connectivity index (χ4n) is 4.78. The highest BCUT2D eigenvalue weighted by Crippen LogP contribution is 2.48. The largest absolute Gasteiger partial charge is 0.481 e. The van der Waals surface area contributed by atoms with Crippen molar-refractivity contribution in [1.29, 1.82) is 0 Å². The molecule has 0 atom stereocenters. The van der Waals surface area contributed by atoms with Gasteiger partial charge in [0.2, 0.25) is 0 Å². The first-order valence-corrected chi connectivity index (χ1v) is 12.4. The molecule has 0 spiro atoms. The minimum Gasteiger partial charge on any atom is -0.481 e. The highest BCUT2D eigenvalue weighted by atomic mass is 19.1. The second-order valence-corrected chi connectivity index (χ2v) is 9.73. The summed E-state index contributed by atoms with van der Waals surface area (Å²) in [7, 11) is 0. The van der Waals surface area contributed by atoms with Crippen molar-refractivity contribution in [3.05, 3.63) is 108 Å². The van der Waals surface area contributed by atoms with Crippen LogP contribution in [-0.2, 0) is 10.2 Å². The number of carboxylic acid groups (broad SMARTS) is 1. The van der Waals surface area contributed by atoms with Crippen molar-refractivity contribution in [1.82, 2.24) is 10.1 Å². The molecular weight excluding hydrogens is 500 g/mol. The summed E-state index contributed by atoms with van der Waals surface area (Å²) in [6.45, 7) is 1.80. The van der Waals surface area contributed by atoms with Gasteiger partial charge in [-0.05, 0) is 60.7 Å². The number of rotatable bonds is 7. The number of aliphatic carboxylic acids is 1. The van der Waals surface area contributed by atoms with Gasteiger partial charge in [0, 0.05) is 22.9 Å². The molecule has 2 aromatic heterocycles. The van der Waals surface area contributed by atoms with E-state index in [9.17, 15) is 18.7 Å². The van der Waals surface area contributed by atoms with Crippen molar-refractivity contribution in [2.24, 2.45) is 0 Å². The Morgan fingerprint density at radius 2 is 1.56 bits per heavy atom. The van der Waals surface area contributed by atoms with Crippen LogP contribution in [0, 0.1) is 18.6 Å². The molecular formula is C31H23F2N3O3. The van der Waals surface area contributed by atoms with Crippen LogP contribution in [0.5, 0.6) is 0 Å². The van der Waals surface area contributed by atoms with Gasteiger partial charge in [-0.2, -0.15) is 0 Å². The molecule has 1 aliphatic carbocycles. The standard InChI is InChI=1S/C31H23F2N3O3/c1-18-28(35-25-14-22(16-34-17-25)26-15-24(32)10-11-27(26)33)29(39-36-18)21-4-2-19(3-5-21)20-6-8-23(9-7-20)31(12-13-31)30(37)38/h2-11,14-17,35H,12-13H2,1H3,(H,37,38). The van der Waals surface area contributed by atoms with Crippen LogP contribution in [0.15, 0.2) is 89.7 Å². The van der Waals surface area contributed by atoms with Crippen molar-refractivity contribution < 1.29 is 23.2 Å². The van der Waals surface area contributed by atoms with Gasteiger partial charge >= 0.3 is 5.97 Å². The summed E-state index contributed by atoms with van der Waals surface area (Å²) >= 11 is 0. The van der Waals surface area contributed by atoms with Crippen LogP contribution in [0.4, 0.5) is 20.2 Å². The van der Waals surface area contributed by atoms with E-state index in [2.05, 4.69) is 15.5 Å². The van der Waals surface area contributed by atoms with E-state index in [1.54, 1.807) is 19.2 Å². The number of benzene rings is 3. The lowest BCUT2D eigenvalue weighted by Gasteiger charge is -2.11. The zero-order chi connectivity index (χ0) is 27.1. The van der Waals surface area contributed by atoms with Gasteiger partial charge in [-0.15, -0.1) is 0 Å². The molecule has 6 rings (SSSR count). The van der Waals surface area contributed by atoms with Gasteiger partial charge in [0.05, 0.1) is 17.3 Å². The fraction of sp³-hybridized carbons (Fsp3) is 0.129. The molecule has 194 valence electrons. The molecule has 0 radical (unpaired) electrons. The Bertz CT molecular complexity index is 1690. The molecule has 0 bridgehead atoms. The van der Waals surface area contributed by atoms with Crippen LogP contribution in [0.1, 0.15) is 24.1 Å². The van der Waals surface area contributed by atoms with E-state index >= 15 is 0 Å². The van der Waals surface area contributed by atoms with Crippen LogP contribution in [0.3, 0.4) is 0 Å². The summed E-state index contributed by atoms with van der Waals surface area (Å²) < 4.78 is 33.7. The number of hydrogen-bond donors (Lipinski definition) is 2. The summed E-state index contributed by atoms with van der Waals surface area (Å²) in [6.07, 6.45) is 4.40. The first kappa shape index (κ1) is 24.5. The molecule has 5 aromatic rings. The second kappa shape index (κ2) is 9.47. The Kier molecular flexibility index (Phi) is 5.95. The van der Waals surface area contributed by atoms with E-state index in [4.69, 9.17) is 4.52 Å². The number of aryl methyl sites for hydroxylation is 1. The molecule has 8 heteroatoms. The topological polar surface area (TPSA) is 88.2 Å². The smallest absolute Gasteiger partial charge is 0.314 e. The Morgan fingerprint density at radius 3 is 2.23 bits per heavy atom. The Morgan fingerprint density at radius 1 is 0.897 bits per heavy atom. The van der Waals surface area contributed by atoms with Crippen LogP contribution >= 0.6 is 0 Å². The molecule has 0 amide bonds. The first-order chi connectivity index (χ1) is 18.8. The Hall–Kier alpha value is -4.85. The first-order valence-electron chi connectivity index (χ1n) is 12.4. The highest BCUT2D eigenvalue weighted by molar-refractivity contribution is 5.85. The molecule has 1 fully saturated rings. The number of nitrogens with one attached hydrogen (secondary N) is 1. The van der Waals surface area contributed by atoms with Crippen molar-refractivity contribution in [3.63, 3.8) is 0 Å². The van der Waals surface area contributed by atoms with Gasteiger partial charge in [-0.3, -0.25) is 9.78 Å². The normalized spacial score (nSPS) is 13.7. The van der Waals surface area contributed by atoms with Gasteiger partial charge in [0.15, 0.2) is 5.76 Å². The van der Waals surface area contributed by atoms with Crippen molar-refractivity contribution in [2.75, 3.05) is 5.32 Å². The maximum atomic E-state index is 14.3. The van der Waals surface area contributed by atoms with Gasteiger partial charge in [0.25, 0.3) is 0 Å². The van der Waals surface area contributed by atoms with Crippen LogP contribution < -0.4 is 5.32 Å². The fourth-order valence-corrected chi connectivity index (χ4v) is 4.78. The van der Waals surface area contributed by atoms with E-state index in [0.717, 1.165) is 40.5 Å². The van der Waals surface area contributed by atoms with Gasteiger partial charge in [0.1, 0.15) is 23.0 Å². The summed E-state index contributed by atoms with van der Waals surface area (Å²) in [4.78, 5) is 15.8. The molecule has 1 saturated carbocycles. The van der Waals surface area contributed by atoms with E-state index < -0.39 is 23.0 Å². The molecule has 39 heavy (non-hydrogen) atoms. The van der Waals surface area contributed by atoms with E-state index in [1.807, 2.05) is 48.5 Å². The van der Waals surface area contributed by atoms with Gasteiger partial charge in [-0.1, -0.05) is 53.7 Å². The second-order valence-electron chi connectivity index (χ2n) is 9.73. The molecule has 0 saturated heterocycles. The molecule has 2 heterocycles. The van der Waals surface area contributed by atoms with Gasteiger partial charge < -0.3 is 14.9 Å². The monoisotopic (exact) mass is 523 g/mol. The van der Waals surface area contributed by atoms with Crippen molar-refractivity contribution >= 4 is 17.3 Å². The maximum absolute atomic E-state index is 14.3. The van der Waals surface area contributed by atoms with Crippen LogP contribution in [0.2, 0.25) is 0 Å². The lowest BCUT2D eigenvalue weighted by Crippen LogP contribution is -2.19. The quantitative estimate of drug-likeness (QED) is 0.229. The summed E-state index contributed by atoms with van der Waals surface area (Å²) in [5.74, 6) is -1.32. The van der Waals surface area contributed by atoms with Crippen LogP contribution in [0.25, 0.3) is 33.6 Å². The SMILES string of the molecule is Cc1noc(-c2ccc(-c3ccc(C4(C(=O)O)CC4)cc3)cc2)c1Nc1cncc(-c2cc(F)ccc2F)c1. The Labute approximate surface area is 223 Å². The highest BCUT2D eigenvalue weighted by Gasteiger charge is 2.51. The van der Waals surface area contributed by atoms with Gasteiger partial charge in [-0.25, -0.2) is 8.78 Å². The number of anilines is 2. The molecule has 2 N–H and O–H groups in total. The average molecular weight is 524 g/mol. The molecule has 3 aromatic carbocycles. The molecule has 1 aliphatic rings. The van der Waals surface area contributed by atoms with E-state index in [0.29, 0.717) is 41.2 Å². The van der Waals surface area contributed by atoms with Crippen molar-refractivity contribution in [3.8, 4) is 33.6 Å². The average Bonchev–Trinajstić information content (AvgIpc) is 3.70. The molecule has 6 nitrogen and oxygen atoms in total. The number of carboxylic acids is 1. The zero-order valence-electron chi connectivity index (χ0n) is 20.9. The minimum absolute atomic E-state index is 0.118. The lowest BCUT2D eigenvalue weighted by atomic mass is 9.93. The third-order valence-electron chi connectivity index (χ3n) is 7.19. The zero-order valence-corrected chi connectivity index (χ0v) is 20.9. The summed E-state index contributed by atoms with van der Waals surface area (Å²) in [5, 5.41) is 16.9. The predicted octanol–water partition coefficient (Wildman–Crippen LogP) is 7.52. The number of hydrogen-bond acceptors (Lipinski definition) is 5. The molecule has 0 unspecified atom stereocenters. The lowest BCUT2D eigenvalue weighted by molar-refractivity contribution is -0.140. The van der Waals surface area contributed by atoms with Crippen LogP contribution in [-0.4, -0.2) is 21.2 Å². The number of nitrogens with zero attached hydrogens (tertiary/aromatic N) is 2.